The average molecular weight is 479 g/mol. The Morgan fingerprint density at radius 2 is 1.44 bits per heavy atom. The number of nitrogens with one attached hydrogen (secondary N) is 2. The maximum Gasteiger partial charge on any atom is 0.325 e. The van der Waals surface area contributed by atoms with E-state index in [1.165, 1.54) is 12.5 Å². The number of rotatable bonds is 7. The van der Waals surface area contributed by atoms with E-state index >= 15 is 0 Å². The first kappa shape index (κ1) is 25.3. The molecule has 5 nitrogen and oxygen atoms in total. The van der Waals surface area contributed by atoms with Crippen LogP contribution in [0.1, 0.15) is 58.1 Å². The van der Waals surface area contributed by atoms with Gasteiger partial charge < -0.3 is 15.7 Å². The maximum atomic E-state index is 12.6. The van der Waals surface area contributed by atoms with Crippen molar-refractivity contribution in [2.75, 3.05) is 5.32 Å². The molecule has 1 amide bonds. The zero-order chi connectivity index (χ0) is 25.2. The maximum absolute atomic E-state index is 12.6. The zero-order valence-electron chi connectivity index (χ0n) is 20.4. The van der Waals surface area contributed by atoms with Crippen molar-refractivity contribution in [3.8, 4) is 11.1 Å². The Hall–Kier alpha value is -3.31. The molecule has 34 heavy (non-hydrogen) atoms. The van der Waals surface area contributed by atoms with Gasteiger partial charge >= 0.3 is 5.97 Å². The molecule has 3 aromatic rings. The predicted molar refractivity (Wildman–Crippen MR) is 139 cm³/mol. The van der Waals surface area contributed by atoms with Gasteiger partial charge in [0, 0.05) is 22.3 Å². The molecule has 3 rings (SSSR count). The summed E-state index contributed by atoms with van der Waals surface area (Å²) in [7, 11) is 0. The fourth-order valence-corrected chi connectivity index (χ4v) is 4.28. The van der Waals surface area contributed by atoms with Crippen LogP contribution in [-0.2, 0) is 4.79 Å². The second-order valence-corrected chi connectivity index (χ2v) is 9.31. The molecule has 3 N–H and O–H groups in total. The normalized spacial score (nSPS) is 12.7. The molecule has 178 valence electrons. The number of carboxylic acids is 1. The summed E-state index contributed by atoms with van der Waals surface area (Å²) in [5, 5.41) is 16.0. The molecule has 0 bridgehead atoms. The highest BCUT2D eigenvalue weighted by molar-refractivity contribution is 6.32. The third-order valence-electron chi connectivity index (χ3n) is 6.02. The lowest BCUT2D eigenvalue weighted by Crippen LogP contribution is -2.38. The molecule has 6 heteroatoms. The van der Waals surface area contributed by atoms with Crippen LogP contribution in [-0.4, -0.2) is 23.0 Å². The van der Waals surface area contributed by atoms with Crippen LogP contribution in [0, 0.1) is 27.7 Å². The Kier molecular flexibility index (Phi) is 7.68. The van der Waals surface area contributed by atoms with Gasteiger partial charge in [-0.3, -0.25) is 9.59 Å². The van der Waals surface area contributed by atoms with Crippen molar-refractivity contribution in [2.24, 2.45) is 0 Å². The van der Waals surface area contributed by atoms with Crippen LogP contribution in [0.5, 0.6) is 0 Å². The van der Waals surface area contributed by atoms with Crippen molar-refractivity contribution in [1.82, 2.24) is 5.32 Å². The standard InChI is InChI=1S/C28H31ClN2O3/c1-15-10-23(11-16(2)25(15)27(32)31-20(6)28(33)34)21-8-7-9-24(14-21)30-19(5)22-12-17(3)26(29)18(4)13-22/h7-14,19-20,30H,1-6H3,(H,31,32)(H,33,34)/t19-,20?/m1/s1. The summed E-state index contributed by atoms with van der Waals surface area (Å²) >= 11 is 6.33. The second kappa shape index (κ2) is 10.3. The minimum atomic E-state index is -1.07. The lowest BCUT2D eigenvalue weighted by Gasteiger charge is -2.19. The van der Waals surface area contributed by atoms with E-state index in [1.54, 1.807) is 0 Å². The molecule has 0 saturated carbocycles. The SMILES string of the molecule is Cc1cc([C@@H](C)Nc2cccc(-c3cc(C)c(C(=O)NC(C)C(=O)O)c(C)c3)c2)cc(C)c1Cl. The number of carbonyl (C=O) groups excluding carboxylic acids is 1. The molecule has 0 heterocycles. The van der Waals surface area contributed by atoms with Gasteiger partial charge in [-0.25, -0.2) is 0 Å². The van der Waals surface area contributed by atoms with Crippen molar-refractivity contribution in [3.05, 3.63) is 86.9 Å². The van der Waals surface area contributed by atoms with Gasteiger partial charge in [-0.2, -0.15) is 0 Å². The van der Waals surface area contributed by atoms with Crippen LogP contribution < -0.4 is 10.6 Å². The van der Waals surface area contributed by atoms with E-state index in [2.05, 4.69) is 35.8 Å². The van der Waals surface area contributed by atoms with Crippen LogP contribution in [0.3, 0.4) is 0 Å². The van der Waals surface area contributed by atoms with Crippen LogP contribution in [0.15, 0.2) is 48.5 Å². The Labute approximate surface area is 206 Å². The molecule has 0 aliphatic carbocycles. The molecule has 3 aromatic carbocycles. The summed E-state index contributed by atoms with van der Waals surface area (Å²) in [6.07, 6.45) is 0. The van der Waals surface area contributed by atoms with Crippen LogP contribution in [0.2, 0.25) is 5.02 Å². The number of aliphatic carboxylic acids is 1. The van der Waals surface area contributed by atoms with Gasteiger partial charge in [-0.1, -0.05) is 48.0 Å². The van der Waals surface area contributed by atoms with Crippen molar-refractivity contribution in [1.29, 1.82) is 0 Å². The Bertz CT molecular complexity index is 1210. The zero-order valence-corrected chi connectivity index (χ0v) is 21.2. The molecule has 0 aliphatic rings. The number of carbonyl (C=O) groups is 2. The number of aryl methyl sites for hydroxylation is 4. The third-order valence-corrected chi connectivity index (χ3v) is 6.61. The minimum Gasteiger partial charge on any atom is -0.480 e. The highest BCUT2D eigenvalue weighted by Gasteiger charge is 2.19. The van der Waals surface area contributed by atoms with Gasteiger partial charge in [0.25, 0.3) is 5.91 Å². The van der Waals surface area contributed by atoms with Crippen molar-refractivity contribution < 1.29 is 14.7 Å². The van der Waals surface area contributed by atoms with Gasteiger partial charge in [-0.05, 0) is 92.6 Å². The molecule has 0 aromatic heterocycles. The van der Waals surface area contributed by atoms with E-state index in [9.17, 15) is 9.59 Å². The minimum absolute atomic E-state index is 0.0932. The first-order chi connectivity index (χ1) is 16.0. The molecule has 0 fully saturated rings. The molecule has 2 atom stereocenters. The number of carboxylic acid groups (broad SMARTS) is 1. The van der Waals surface area contributed by atoms with E-state index < -0.39 is 12.0 Å². The molecular formula is C28H31ClN2O3. The summed E-state index contributed by atoms with van der Waals surface area (Å²) < 4.78 is 0. The smallest absolute Gasteiger partial charge is 0.325 e. The quantitative estimate of drug-likeness (QED) is 0.356. The molecule has 0 radical (unpaired) electrons. The molecule has 0 aliphatic heterocycles. The van der Waals surface area contributed by atoms with Crippen molar-refractivity contribution in [3.63, 3.8) is 0 Å². The Morgan fingerprint density at radius 1 is 0.853 bits per heavy atom. The topological polar surface area (TPSA) is 78.4 Å². The van der Waals surface area contributed by atoms with Gasteiger partial charge in [0.05, 0.1) is 0 Å². The fourth-order valence-electron chi connectivity index (χ4n) is 4.17. The summed E-state index contributed by atoms with van der Waals surface area (Å²) in [5.74, 6) is -1.45. The van der Waals surface area contributed by atoms with Crippen molar-refractivity contribution in [2.45, 2.75) is 53.6 Å². The third kappa shape index (κ3) is 5.60. The van der Waals surface area contributed by atoms with E-state index in [0.717, 1.165) is 44.1 Å². The highest BCUT2D eigenvalue weighted by atomic mass is 35.5. The number of anilines is 1. The summed E-state index contributed by atoms with van der Waals surface area (Å²) in [5.41, 5.74) is 8.40. The predicted octanol–water partition coefficient (Wildman–Crippen LogP) is 6.62. The fraction of sp³-hybridized carbons (Fsp3) is 0.286. The van der Waals surface area contributed by atoms with E-state index in [4.69, 9.17) is 16.7 Å². The second-order valence-electron chi connectivity index (χ2n) is 8.93. The Morgan fingerprint density at radius 3 is 2.00 bits per heavy atom. The first-order valence-corrected chi connectivity index (χ1v) is 11.6. The van der Waals surface area contributed by atoms with Gasteiger partial charge in [0.15, 0.2) is 0 Å². The monoisotopic (exact) mass is 478 g/mol. The van der Waals surface area contributed by atoms with Crippen LogP contribution in [0.25, 0.3) is 11.1 Å². The molecule has 0 spiro atoms. The largest absolute Gasteiger partial charge is 0.480 e. The van der Waals surface area contributed by atoms with Crippen LogP contribution in [0.4, 0.5) is 5.69 Å². The van der Waals surface area contributed by atoms with E-state index in [0.29, 0.717) is 5.56 Å². The Balaban J connectivity index is 1.85. The average Bonchev–Trinajstić information content (AvgIpc) is 2.76. The first-order valence-electron chi connectivity index (χ1n) is 11.3. The van der Waals surface area contributed by atoms with Crippen molar-refractivity contribution >= 4 is 29.2 Å². The number of halogens is 1. The molecule has 0 saturated heterocycles. The van der Waals surface area contributed by atoms with Gasteiger partial charge in [0.2, 0.25) is 0 Å². The summed E-state index contributed by atoms with van der Waals surface area (Å²) in [4.78, 5) is 23.7. The number of hydrogen-bond acceptors (Lipinski definition) is 3. The lowest BCUT2D eigenvalue weighted by atomic mass is 9.94. The number of amides is 1. The molecule has 1 unspecified atom stereocenters. The molecular weight excluding hydrogens is 448 g/mol. The van der Waals surface area contributed by atoms with Crippen LogP contribution >= 0.6 is 11.6 Å². The van der Waals surface area contributed by atoms with Gasteiger partial charge in [-0.15, -0.1) is 0 Å². The summed E-state index contributed by atoms with van der Waals surface area (Å²) in [6.45, 7) is 11.3. The highest BCUT2D eigenvalue weighted by Crippen LogP contribution is 2.30. The van der Waals surface area contributed by atoms with E-state index in [1.807, 2.05) is 58.0 Å². The number of hydrogen-bond donors (Lipinski definition) is 3. The summed E-state index contributed by atoms with van der Waals surface area (Å²) in [6, 6.07) is 15.4. The van der Waals surface area contributed by atoms with E-state index in [-0.39, 0.29) is 11.9 Å². The van der Waals surface area contributed by atoms with Gasteiger partial charge in [0.1, 0.15) is 6.04 Å². The number of benzene rings is 3. The lowest BCUT2D eigenvalue weighted by molar-refractivity contribution is -0.138.